The van der Waals surface area contributed by atoms with Gasteiger partial charge in [0.05, 0.1) is 10.7 Å². The van der Waals surface area contributed by atoms with Gasteiger partial charge in [0.25, 0.3) is 5.91 Å². The van der Waals surface area contributed by atoms with Crippen LogP contribution in [-0.2, 0) is 13.5 Å². The van der Waals surface area contributed by atoms with Gasteiger partial charge in [-0.05, 0) is 25.3 Å². The van der Waals surface area contributed by atoms with Crippen LogP contribution in [0.15, 0.2) is 6.07 Å². The predicted octanol–water partition coefficient (Wildman–Crippen LogP) is 0.779. The number of nitrogens with one attached hydrogen (secondary N) is 1. The third kappa shape index (κ3) is 4.14. The number of aryl methyl sites for hydroxylation is 2. The summed E-state index contributed by atoms with van der Waals surface area (Å²) in [5, 5.41) is 7.04. The molecule has 0 spiro atoms. The number of rotatable bonds is 6. The second kappa shape index (κ2) is 6.34. The van der Waals surface area contributed by atoms with Crippen LogP contribution in [0, 0.1) is 0 Å². The number of hydrogen-bond acceptors (Lipinski definition) is 3. The Hall–Kier alpha value is -1.43. The number of thiocarbonyl (C=S) groups is 1. The lowest BCUT2D eigenvalue weighted by atomic mass is 10.3. The van der Waals surface area contributed by atoms with E-state index < -0.39 is 0 Å². The Morgan fingerprint density at radius 1 is 1.65 bits per heavy atom. The maximum Gasteiger partial charge on any atom is 0.269 e. The quantitative estimate of drug-likeness (QED) is 0.581. The first kappa shape index (κ1) is 13.6. The summed E-state index contributed by atoms with van der Waals surface area (Å²) in [6.45, 7) is 2.58. The van der Waals surface area contributed by atoms with Crippen LogP contribution < -0.4 is 11.1 Å². The Morgan fingerprint density at radius 3 is 2.88 bits per heavy atom. The van der Waals surface area contributed by atoms with E-state index in [1.807, 2.05) is 13.0 Å². The van der Waals surface area contributed by atoms with E-state index in [1.54, 1.807) is 11.7 Å². The summed E-state index contributed by atoms with van der Waals surface area (Å²) in [7, 11) is 1.77. The van der Waals surface area contributed by atoms with Gasteiger partial charge < -0.3 is 11.1 Å². The molecule has 6 heteroatoms. The summed E-state index contributed by atoms with van der Waals surface area (Å²) in [6, 6.07) is 1.81. The van der Waals surface area contributed by atoms with Gasteiger partial charge in [-0.1, -0.05) is 19.1 Å². The molecule has 0 atom stereocenters. The van der Waals surface area contributed by atoms with Crippen molar-refractivity contribution in [2.24, 2.45) is 12.8 Å². The molecule has 3 N–H and O–H groups in total. The van der Waals surface area contributed by atoms with Crippen LogP contribution in [0.2, 0.25) is 0 Å². The molecular weight excluding hydrogens is 236 g/mol. The van der Waals surface area contributed by atoms with Crippen molar-refractivity contribution in [1.82, 2.24) is 15.1 Å². The third-order valence-corrected chi connectivity index (χ3v) is 2.61. The molecule has 0 aliphatic carbocycles. The van der Waals surface area contributed by atoms with E-state index in [4.69, 9.17) is 18.0 Å². The number of aromatic nitrogens is 2. The highest BCUT2D eigenvalue weighted by molar-refractivity contribution is 7.80. The van der Waals surface area contributed by atoms with Gasteiger partial charge in [0.15, 0.2) is 0 Å². The standard InChI is InChI=1S/C11H18N4OS/c1-3-8-7-9(15(2)14-8)11(16)13-6-4-5-10(12)17/h7H,3-6H2,1-2H3,(H2,12,17)(H,13,16). The lowest BCUT2D eigenvalue weighted by Gasteiger charge is -2.04. The molecule has 1 amide bonds. The number of carbonyl (C=O) groups excluding carboxylic acids is 1. The zero-order valence-electron chi connectivity index (χ0n) is 10.2. The molecule has 0 aliphatic rings. The van der Waals surface area contributed by atoms with Crippen molar-refractivity contribution in [3.63, 3.8) is 0 Å². The van der Waals surface area contributed by atoms with Crippen molar-refractivity contribution in [1.29, 1.82) is 0 Å². The summed E-state index contributed by atoms with van der Waals surface area (Å²) >= 11 is 4.76. The summed E-state index contributed by atoms with van der Waals surface area (Å²) in [4.78, 5) is 12.3. The first-order chi connectivity index (χ1) is 8.04. The Bertz CT molecular complexity index is 414. The molecule has 0 fully saturated rings. The Morgan fingerprint density at radius 2 is 2.35 bits per heavy atom. The monoisotopic (exact) mass is 254 g/mol. The van der Waals surface area contributed by atoms with Crippen LogP contribution in [0.4, 0.5) is 0 Å². The van der Waals surface area contributed by atoms with E-state index in [0.29, 0.717) is 23.6 Å². The highest BCUT2D eigenvalue weighted by Gasteiger charge is 2.11. The summed E-state index contributed by atoms with van der Waals surface area (Å²) in [5.74, 6) is -0.109. The molecule has 1 aromatic heterocycles. The zero-order chi connectivity index (χ0) is 12.8. The van der Waals surface area contributed by atoms with Crippen molar-refractivity contribution >= 4 is 23.1 Å². The second-order valence-corrected chi connectivity index (χ2v) is 4.35. The highest BCUT2D eigenvalue weighted by Crippen LogP contribution is 2.03. The first-order valence-electron chi connectivity index (χ1n) is 5.64. The van der Waals surface area contributed by atoms with Crippen molar-refractivity contribution < 1.29 is 4.79 Å². The van der Waals surface area contributed by atoms with Crippen LogP contribution >= 0.6 is 12.2 Å². The van der Waals surface area contributed by atoms with E-state index in [-0.39, 0.29) is 5.91 Å². The summed E-state index contributed by atoms with van der Waals surface area (Å²) in [5.41, 5.74) is 6.87. The minimum absolute atomic E-state index is 0.109. The molecule has 0 bridgehead atoms. The van der Waals surface area contributed by atoms with E-state index in [9.17, 15) is 4.79 Å². The molecule has 1 aromatic rings. The molecule has 17 heavy (non-hydrogen) atoms. The molecule has 94 valence electrons. The highest BCUT2D eigenvalue weighted by atomic mass is 32.1. The van der Waals surface area contributed by atoms with E-state index >= 15 is 0 Å². The van der Waals surface area contributed by atoms with Gasteiger partial charge in [0.1, 0.15) is 5.69 Å². The van der Waals surface area contributed by atoms with Crippen LogP contribution in [0.1, 0.15) is 35.9 Å². The maximum atomic E-state index is 11.8. The average Bonchev–Trinajstić information content (AvgIpc) is 2.65. The van der Waals surface area contributed by atoms with Crippen molar-refractivity contribution in [3.05, 3.63) is 17.5 Å². The van der Waals surface area contributed by atoms with Crippen molar-refractivity contribution in [2.75, 3.05) is 6.54 Å². The van der Waals surface area contributed by atoms with Gasteiger partial charge in [-0.2, -0.15) is 5.10 Å². The lowest BCUT2D eigenvalue weighted by molar-refractivity contribution is 0.0944. The molecule has 0 saturated carbocycles. The molecule has 1 rings (SSSR count). The van der Waals surface area contributed by atoms with Crippen LogP contribution in [0.5, 0.6) is 0 Å². The van der Waals surface area contributed by atoms with E-state index in [1.165, 1.54) is 0 Å². The van der Waals surface area contributed by atoms with Crippen molar-refractivity contribution in [2.45, 2.75) is 26.2 Å². The van der Waals surface area contributed by atoms with Crippen LogP contribution in [-0.4, -0.2) is 27.2 Å². The maximum absolute atomic E-state index is 11.8. The normalized spacial score (nSPS) is 10.2. The fourth-order valence-electron chi connectivity index (χ4n) is 1.47. The van der Waals surface area contributed by atoms with Gasteiger partial charge in [-0.3, -0.25) is 9.48 Å². The Labute approximate surface area is 106 Å². The van der Waals surface area contributed by atoms with Crippen molar-refractivity contribution in [3.8, 4) is 0 Å². The molecule has 0 saturated heterocycles. The number of hydrogen-bond donors (Lipinski definition) is 2. The lowest BCUT2D eigenvalue weighted by Crippen LogP contribution is -2.27. The topological polar surface area (TPSA) is 72.9 Å². The summed E-state index contributed by atoms with van der Waals surface area (Å²) < 4.78 is 1.60. The largest absolute Gasteiger partial charge is 0.393 e. The third-order valence-electron chi connectivity index (χ3n) is 2.41. The summed E-state index contributed by atoms with van der Waals surface area (Å²) in [6.07, 6.45) is 2.24. The Kier molecular flexibility index (Phi) is 5.09. The van der Waals surface area contributed by atoms with Gasteiger partial charge >= 0.3 is 0 Å². The smallest absolute Gasteiger partial charge is 0.269 e. The number of nitrogens with two attached hydrogens (primary N) is 1. The van der Waals surface area contributed by atoms with E-state index in [0.717, 1.165) is 18.5 Å². The minimum atomic E-state index is -0.109. The number of carbonyl (C=O) groups is 1. The SMILES string of the molecule is CCc1cc(C(=O)NCCCC(N)=S)n(C)n1. The predicted molar refractivity (Wildman–Crippen MR) is 70.9 cm³/mol. The average molecular weight is 254 g/mol. The minimum Gasteiger partial charge on any atom is -0.393 e. The van der Waals surface area contributed by atoms with Gasteiger partial charge in [-0.25, -0.2) is 0 Å². The number of nitrogens with zero attached hydrogens (tertiary/aromatic N) is 2. The molecule has 0 radical (unpaired) electrons. The molecule has 0 aliphatic heterocycles. The second-order valence-electron chi connectivity index (χ2n) is 3.82. The number of amides is 1. The Balaban J connectivity index is 2.46. The molecule has 5 nitrogen and oxygen atoms in total. The van der Waals surface area contributed by atoms with Gasteiger partial charge in [-0.15, -0.1) is 0 Å². The molecule has 1 heterocycles. The fourth-order valence-corrected chi connectivity index (χ4v) is 1.61. The van der Waals surface area contributed by atoms with Crippen LogP contribution in [0.25, 0.3) is 0 Å². The first-order valence-corrected chi connectivity index (χ1v) is 6.04. The van der Waals surface area contributed by atoms with Gasteiger partial charge in [0, 0.05) is 13.6 Å². The molecular formula is C11H18N4OS. The van der Waals surface area contributed by atoms with Gasteiger partial charge in [0.2, 0.25) is 0 Å². The fraction of sp³-hybridized carbons (Fsp3) is 0.545. The van der Waals surface area contributed by atoms with E-state index in [2.05, 4.69) is 10.4 Å². The molecule has 0 unspecified atom stereocenters. The zero-order valence-corrected chi connectivity index (χ0v) is 11.0. The van der Waals surface area contributed by atoms with Crippen LogP contribution in [0.3, 0.4) is 0 Å². The molecule has 0 aromatic carbocycles.